The smallest absolute Gasteiger partial charge is 0.0843 e. The molecule has 26 heavy (non-hydrogen) atoms. The number of hydrogen-bond acceptors (Lipinski definition) is 4. The van der Waals surface area contributed by atoms with Crippen LogP contribution in [0, 0.1) is 0 Å². The number of hydrogen-bond donors (Lipinski definition) is 3. The Morgan fingerprint density at radius 1 is 0.577 bits per heavy atom. The van der Waals surface area contributed by atoms with Crippen molar-refractivity contribution in [2.45, 2.75) is 114 Å². The molecule has 0 atom stereocenters. The fraction of sp³-hybridized carbons (Fsp3) is 1.00. The van der Waals surface area contributed by atoms with Gasteiger partial charge in [-0.15, -0.1) is 0 Å². The summed E-state index contributed by atoms with van der Waals surface area (Å²) in [7, 11) is 0. The molecular formula is C18H42N3O2PS2. The van der Waals surface area contributed by atoms with Gasteiger partial charge in [-0.25, -0.2) is 0 Å². The van der Waals surface area contributed by atoms with E-state index in [-0.39, 0.29) is 0 Å². The maximum atomic E-state index is 9.29. The van der Waals surface area contributed by atoms with Crippen molar-refractivity contribution in [3.8, 4) is 0 Å². The third-order valence-electron chi connectivity index (χ3n) is 5.17. The zero-order chi connectivity index (χ0) is 19.8. The van der Waals surface area contributed by atoms with Crippen molar-refractivity contribution in [1.82, 2.24) is 0 Å². The van der Waals surface area contributed by atoms with E-state index in [1.165, 1.54) is 96.3 Å². The van der Waals surface area contributed by atoms with E-state index in [1.54, 1.807) is 0 Å². The highest BCUT2D eigenvalue weighted by Gasteiger charge is 2.10. The highest BCUT2D eigenvalue weighted by atomic mass is 32.9. The summed E-state index contributed by atoms with van der Waals surface area (Å²) in [6, 6.07) is 2.36. The van der Waals surface area contributed by atoms with Crippen molar-refractivity contribution in [3.05, 3.63) is 0 Å². The van der Waals surface area contributed by atoms with E-state index in [9.17, 15) is 9.79 Å². The topological polar surface area (TPSA) is 129 Å². The molecule has 0 aliphatic heterocycles. The van der Waals surface area contributed by atoms with Crippen LogP contribution >= 0.6 is 5.69 Å². The lowest BCUT2D eigenvalue weighted by Crippen LogP contribution is -2.61. The van der Waals surface area contributed by atoms with Gasteiger partial charge in [-0.2, -0.15) is 11.8 Å². The molecule has 0 amide bonds. The molecule has 0 bridgehead atoms. The Hall–Kier alpha value is 0.800. The molecule has 0 unspecified atom stereocenters. The van der Waals surface area contributed by atoms with Crippen LogP contribution in [0.15, 0.2) is 0 Å². The molecule has 0 heterocycles. The minimum absolute atomic E-state index is 0.786. The monoisotopic (exact) mass is 427 g/mol. The van der Waals surface area contributed by atoms with Crippen LogP contribution in [0.3, 0.4) is 0 Å². The molecule has 0 saturated heterocycles. The van der Waals surface area contributed by atoms with Crippen molar-refractivity contribution in [3.63, 3.8) is 0 Å². The van der Waals surface area contributed by atoms with Gasteiger partial charge in [0.2, 0.25) is 0 Å². The molecule has 3 saturated carbocycles. The molecule has 9 N–H and O–H groups in total. The lowest BCUT2D eigenvalue weighted by molar-refractivity contribution is -0.425. The van der Waals surface area contributed by atoms with Crippen LogP contribution in [0.1, 0.15) is 96.3 Å². The van der Waals surface area contributed by atoms with Gasteiger partial charge < -0.3 is 44.9 Å². The van der Waals surface area contributed by atoms with Gasteiger partial charge in [0.25, 0.3) is 0 Å². The van der Waals surface area contributed by atoms with Crippen molar-refractivity contribution in [2.24, 2.45) is 0 Å². The Kier molecular flexibility index (Phi) is 17.2. The summed E-state index contributed by atoms with van der Waals surface area (Å²) in [4.78, 5) is 18.6. The van der Waals surface area contributed by atoms with Crippen LogP contribution in [0.5, 0.6) is 0 Å². The summed E-state index contributed by atoms with van der Waals surface area (Å²) in [6.07, 6.45) is 21.1. The van der Waals surface area contributed by atoms with Crippen LogP contribution in [0.4, 0.5) is 0 Å². The van der Waals surface area contributed by atoms with Crippen LogP contribution in [-0.2, 0) is 24.1 Å². The van der Waals surface area contributed by atoms with Crippen LogP contribution in [0.25, 0.3) is 0 Å². The predicted molar refractivity (Wildman–Crippen MR) is 111 cm³/mol. The second kappa shape index (κ2) is 16.7. The first-order valence-electron chi connectivity index (χ1n) is 10.4. The largest absolute Gasteiger partial charge is 0.850 e. The maximum absolute atomic E-state index is 9.29. The number of rotatable bonds is 0. The summed E-state index contributed by atoms with van der Waals surface area (Å²) in [5.74, 6) is 0. The second-order valence-corrected chi connectivity index (χ2v) is 12.4. The minimum atomic E-state index is -3.72. The van der Waals surface area contributed by atoms with E-state index < -0.39 is 5.69 Å². The fourth-order valence-corrected chi connectivity index (χ4v) is 3.56. The van der Waals surface area contributed by atoms with Crippen molar-refractivity contribution >= 4 is 29.7 Å². The van der Waals surface area contributed by atoms with Gasteiger partial charge in [-0.05, 0) is 77.0 Å². The normalized spacial score (nSPS) is 22.7. The van der Waals surface area contributed by atoms with Crippen LogP contribution in [0.2, 0.25) is 0 Å². The number of quaternary nitrogens is 3. The standard InChI is InChI=1S/3C6H13N.H3O2PS2/c3*7-6-4-2-1-3-5-6;1-3(2,4)5/h3*6H,1-5,7H2;(H3,1,2,4,5). The quantitative estimate of drug-likeness (QED) is 0.376. The lowest BCUT2D eigenvalue weighted by Gasteiger charge is -2.44. The Morgan fingerprint density at radius 2 is 0.731 bits per heavy atom. The lowest BCUT2D eigenvalue weighted by atomic mass is 9.97. The summed E-state index contributed by atoms with van der Waals surface area (Å²) in [5, 5.41) is 0. The van der Waals surface area contributed by atoms with Gasteiger partial charge in [0.15, 0.2) is 0 Å². The Balaban J connectivity index is 0.000000324. The Bertz CT molecular complexity index is 308. The van der Waals surface area contributed by atoms with E-state index in [0.29, 0.717) is 0 Å². The molecule has 158 valence electrons. The molecule has 8 heteroatoms. The molecule has 0 aromatic rings. The summed E-state index contributed by atoms with van der Waals surface area (Å²) < 4.78 is 0. The average Bonchev–Trinajstić information content (AvgIpc) is 2.57. The van der Waals surface area contributed by atoms with Crippen molar-refractivity contribution < 1.29 is 27.0 Å². The summed E-state index contributed by atoms with van der Waals surface area (Å²) in [5.41, 5.74) is 8.27. The predicted octanol–water partition coefficient (Wildman–Crippen LogP) is 0.161. The van der Waals surface area contributed by atoms with Crippen molar-refractivity contribution in [1.29, 1.82) is 0 Å². The molecular weight excluding hydrogens is 385 g/mol. The van der Waals surface area contributed by atoms with E-state index in [1.807, 2.05) is 0 Å². The molecule has 3 rings (SSSR count). The third kappa shape index (κ3) is 22.8. The van der Waals surface area contributed by atoms with E-state index in [2.05, 4.69) is 41.3 Å². The van der Waals surface area contributed by atoms with Crippen molar-refractivity contribution in [2.75, 3.05) is 0 Å². The van der Waals surface area contributed by atoms with Crippen LogP contribution in [-0.4, -0.2) is 18.1 Å². The van der Waals surface area contributed by atoms with E-state index in [0.717, 1.165) is 18.1 Å². The van der Waals surface area contributed by atoms with Gasteiger partial charge in [0.1, 0.15) is 0 Å². The van der Waals surface area contributed by atoms with Gasteiger partial charge in [0, 0.05) is 0 Å². The Labute approximate surface area is 171 Å². The zero-order valence-electron chi connectivity index (χ0n) is 16.5. The minimum Gasteiger partial charge on any atom is -0.850 e. The third-order valence-corrected chi connectivity index (χ3v) is 5.17. The molecule has 3 fully saturated rings. The van der Waals surface area contributed by atoms with Gasteiger partial charge in [0.05, 0.1) is 18.1 Å². The van der Waals surface area contributed by atoms with Gasteiger partial charge >= 0.3 is 0 Å². The molecule has 0 aromatic heterocycles. The van der Waals surface area contributed by atoms with Gasteiger partial charge in [-0.1, -0.05) is 19.3 Å². The molecule has 3 aliphatic carbocycles. The molecule has 0 radical (unpaired) electrons. The van der Waals surface area contributed by atoms with E-state index in [4.69, 9.17) is 0 Å². The molecule has 5 nitrogen and oxygen atoms in total. The fourth-order valence-electron chi connectivity index (χ4n) is 3.56. The second-order valence-electron chi connectivity index (χ2n) is 7.96. The zero-order valence-corrected chi connectivity index (χ0v) is 19.1. The maximum Gasteiger partial charge on any atom is 0.0843 e. The Morgan fingerprint density at radius 3 is 0.808 bits per heavy atom. The SMILES string of the molecule is [NH3+]C1CCCCC1.[NH3+]C1CCCCC1.[NH3+]C1CCCCC1.[O-]P([O-])(=S)[S-]. The molecule has 0 spiro atoms. The summed E-state index contributed by atoms with van der Waals surface area (Å²) in [6.45, 7) is 0. The van der Waals surface area contributed by atoms with Gasteiger partial charge in [-0.3, -0.25) is 0 Å². The average molecular weight is 428 g/mol. The van der Waals surface area contributed by atoms with E-state index >= 15 is 0 Å². The molecule has 0 aromatic carbocycles. The van der Waals surface area contributed by atoms with Crippen LogP contribution < -0.4 is 27.0 Å². The highest BCUT2D eigenvalue weighted by Crippen LogP contribution is 2.16. The highest BCUT2D eigenvalue weighted by molar-refractivity contribution is 8.49. The first-order chi connectivity index (χ1) is 12.2. The molecule has 3 aliphatic rings. The summed E-state index contributed by atoms with van der Waals surface area (Å²) >= 11 is 7.28. The first-order valence-corrected chi connectivity index (χ1v) is 14.1. The first kappa shape index (κ1) is 26.8.